The smallest absolute Gasteiger partial charge is 0.0406 e. The maximum absolute atomic E-state index is 5.85. The van der Waals surface area contributed by atoms with E-state index in [1.807, 2.05) is 30.3 Å². The van der Waals surface area contributed by atoms with Crippen LogP contribution in [0.5, 0.6) is 0 Å². The SMILES string of the molecule is CCC[C@H]1CC[C@H](C=CC#Cc2ccc(Cl)cc2)CC1. The molecule has 106 valence electrons. The Balaban J connectivity index is 1.79. The van der Waals surface area contributed by atoms with Crippen molar-refractivity contribution in [1.29, 1.82) is 0 Å². The van der Waals surface area contributed by atoms with Crippen LogP contribution >= 0.6 is 11.6 Å². The maximum Gasteiger partial charge on any atom is 0.0406 e. The third-order valence-electron chi connectivity index (χ3n) is 4.10. The average molecular weight is 287 g/mol. The quantitative estimate of drug-likeness (QED) is 0.611. The van der Waals surface area contributed by atoms with Crippen LogP contribution < -0.4 is 0 Å². The largest absolute Gasteiger partial charge is 0.0843 e. The van der Waals surface area contributed by atoms with Gasteiger partial charge in [0.1, 0.15) is 0 Å². The van der Waals surface area contributed by atoms with Crippen LogP contribution in [-0.4, -0.2) is 0 Å². The number of hydrogen-bond donors (Lipinski definition) is 0. The van der Waals surface area contributed by atoms with Gasteiger partial charge in [-0.3, -0.25) is 0 Å². The molecule has 1 aliphatic carbocycles. The lowest BCUT2D eigenvalue weighted by Gasteiger charge is -2.26. The third kappa shape index (κ3) is 5.06. The average Bonchev–Trinajstić information content (AvgIpc) is 2.47. The Bertz CT molecular complexity index is 479. The molecule has 0 saturated heterocycles. The highest BCUT2D eigenvalue weighted by Crippen LogP contribution is 2.31. The lowest BCUT2D eigenvalue weighted by Crippen LogP contribution is -2.12. The van der Waals surface area contributed by atoms with Crippen molar-refractivity contribution < 1.29 is 0 Å². The van der Waals surface area contributed by atoms with Gasteiger partial charge in [0.15, 0.2) is 0 Å². The van der Waals surface area contributed by atoms with Gasteiger partial charge in [-0.15, -0.1) is 0 Å². The summed E-state index contributed by atoms with van der Waals surface area (Å²) in [6, 6.07) is 7.67. The van der Waals surface area contributed by atoms with Gasteiger partial charge in [0.2, 0.25) is 0 Å². The molecule has 0 aliphatic heterocycles. The second kappa shape index (κ2) is 8.18. The Morgan fingerprint density at radius 3 is 2.50 bits per heavy atom. The molecule has 0 aromatic heterocycles. The van der Waals surface area contributed by atoms with Crippen LogP contribution in [0.25, 0.3) is 0 Å². The van der Waals surface area contributed by atoms with Crippen LogP contribution in [-0.2, 0) is 0 Å². The number of halogens is 1. The Kier molecular flexibility index (Phi) is 6.22. The fourth-order valence-corrected chi connectivity index (χ4v) is 3.05. The molecule has 1 aromatic rings. The summed E-state index contributed by atoms with van der Waals surface area (Å²) in [5.74, 6) is 7.99. The minimum Gasteiger partial charge on any atom is -0.0843 e. The second-order valence-corrected chi connectivity index (χ2v) is 6.14. The van der Waals surface area contributed by atoms with Gasteiger partial charge in [-0.25, -0.2) is 0 Å². The normalized spacial score (nSPS) is 22.5. The van der Waals surface area contributed by atoms with Gasteiger partial charge >= 0.3 is 0 Å². The molecule has 20 heavy (non-hydrogen) atoms. The Morgan fingerprint density at radius 2 is 1.85 bits per heavy atom. The molecule has 0 nitrogen and oxygen atoms in total. The summed E-state index contributed by atoms with van der Waals surface area (Å²) in [4.78, 5) is 0. The maximum atomic E-state index is 5.85. The molecule has 1 heteroatoms. The van der Waals surface area contributed by atoms with E-state index >= 15 is 0 Å². The van der Waals surface area contributed by atoms with Gasteiger partial charge in [0, 0.05) is 10.6 Å². The molecule has 0 unspecified atom stereocenters. The van der Waals surface area contributed by atoms with E-state index in [9.17, 15) is 0 Å². The molecule has 2 rings (SSSR count). The zero-order valence-electron chi connectivity index (χ0n) is 12.2. The van der Waals surface area contributed by atoms with Crippen molar-refractivity contribution in [3.8, 4) is 11.8 Å². The summed E-state index contributed by atoms with van der Waals surface area (Å²) in [5.41, 5.74) is 1.02. The standard InChI is InChI=1S/C19H23Cl/c1-2-5-16-8-10-17(11-9-16)6-3-4-7-18-12-14-19(20)15-13-18/h3,6,12-17H,2,5,8-11H2,1H3/t16-,17-. The summed E-state index contributed by atoms with van der Waals surface area (Å²) < 4.78 is 0. The zero-order valence-corrected chi connectivity index (χ0v) is 13.0. The Hall–Kier alpha value is -1.19. The molecular formula is C19H23Cl. The monoisotopic (exact) mass is 286 g/mol. The highest BCUT2D eigenvalue weighted by Gasteiger charge is 2.18. The van der Waals surface area contributed by atoms with Crippen LogP contribution in [0.2, 0.25) is 5.02 Å². The summed E-state index contributed by atoms with van der Waals surface area (Å²) in [5, 5.41) is 0.759. The highest BCUT2D eigenvalue weighted by atomic mass is 35.5. The summed E-state index contributed by atoms with van der Waals surface area (Å²) in [6.07, 6.45) is 12.5. The minimum atomic E-state index is 0.739. The lowest BCUT2D eigenvalue weighted by atomic mass is 9.80. The van der Waals surface area contributed by atoms with E-state index in [-0.39, 0.29) is 0 Å². The van der Waals surface area contributed by atoms with Crippen molar-refractivity contribution in [3.63, 3.8) is 0 Å². The minimum absolute atomic E-state index is 0.739. The summed E-state index contributed by atoms with van der Waals surface area (Å²) in [6.45, 7) is 2.29. The van der Waals surface area contributed by atoms with Gasteiger partial charge in [0.05, 0.1) is 0 Å². The van der Waals surface area contributed by atoms with E-state index < -0.39 is 0 Å². The summed E-state index contributed by atoms with van der Waals surface area (Å²) >= 11 is 5.85. The van der Waals surface area contributed by atoms with Crippen LogP contribution in [0, 0.1) is 23.7 Å². The zero-order chi connectivity index (χ0) is 14.2. The van der Waals surface area contributed by atoms with E-state index in [4.69, 9.17) is 11.6 Å². The van der Waals surface area contributed by atoms with Crippen molar-refractivity contribution in [2.75, 3.05) is 0 Å². The first-order valence-electron chi connectivity index (χ1n) is 7.71. The van der Waals surface area contributed by atoms with Crippen molar-refractivity contribution in [2.24, 2.45) is 11.8 Å². The number of benzene rings is 1. The molecule has 1 fully saturated rings. The third-order valence-corrected chi connectivity index (χ3v) is 4.35. The first kappa shape index (κ1) is 15.2. The summed E-state index contributed by atoms with van der Waals surface area (Å²) in [7, 11) is 0. The van der Waals surface area contributed by atoms with Gasteiger partial charge in [0.25, 0.3) is 0 Å². The first-order valence-corrected chi connectivity index (χ1v) is 8.09. The topological polar surface area (TPSA) is 0 Å². The molecule has 0 radical (unpaired) electrons. The fraction of sp³-hybridized carbons (Fsp3) is 0.474. The molecule has 0 bridgehead atoms. The van der Waals surface area contributed by atoms with E-state index in [0.29, 0.717) is 0 Å². The predicted molar refractivity (Wildman–Crippen MR) is 87.8 cm³/mol. The number of allylic oxidation sites excluding steroid dienone is 2. The van der Waals surface area contributed by atoms with Crippen molar-refractivity contribution in [1.82, 2.24) is 0 Å². The van der Waals surface area contributed by atoms with Gasteiger partial charge in [-0.2, -0.15) is 0 Å². The van der Waals surface area contributed by atoms with Gasteiger partial charge in [-0.1, -0.05) is 49.3 Å². The van der Waals surface area contributed by atoms with E-state index in [2.05, 4.69) is 24.8 Å². The van der Waals surface area contributed by atoms with Gasteiger partial charge < -0.3 is 0 Å². The number of hydrogen-bond acceptors (Lipinski definition) is 0. The molecule has 0 spiro atoms. The molecule has 1 saturated carbocycles. The predicted octanol–water partition coefficient (Wildman–Crippen LogP) is 5.85. The molecule has 0 amide bonds. The fourth-order valence-electron chi connectivity index (χ4n) is 2.92. The van der Waals surface area contributed by atoms with E-state index in [1.54, 1.807) is 0 Å². The Morgan fingerprint density at radius 1 is 1.15 bits per heavy atom. The van der Waals surface area contributed by atoms with Crippen LogP contribution in [0.1, 0.15) is 51.0 Å². The van der Waals surface area contributed by atoms with E-state index in [1.165, 1.54) is 38.5 Å². The highest BCUT2D eigenvalue weighted by molar-refractivity contribution is 6.30. The molecular weight excluding hydrogens is 264 g/mol. The second-order valence-electron chi connectivity index (χ2n) is 5.70. The molecule has 0 N–H and O–H groups in total. The molecule has 1 aromatic carbocycles. The van der Waals surface area contributed by atoms with Crippen LogP contribution in [0.3, 0.4) is 0 Å². The molecule has 0 atom stereocenters. The van der Waals surface area contributed by atoms with E-state index in [0.717, 1.165) is 22.4 Å². The van der Waals surface area contributed by atoms with Crippen LogP contribution in [0.4, 0.5) is 0 Å². The number of rotatable bonds is 3. The van der Waals surface area contributed by atoms with Crippen molar-refractivity contribution in [2.45, 2.75) is 45.4 Å². The molecule has 1 aliphatic rings. The van der Waals surface area contributed by atoms with Crippen molar-refractivity contribution in [3.05, 3.63) is 47.0 Å². The Labute approximate surface area is 128 Å². The lowest BCUT2D eigenvalue weighted by molar-refractivity contribution is 0.294. The molecule has 0 heterocycles. The van der Waals surface area contributed by atoms with Crippen molar-refractivity contribution >= 4 is 11.6 Å². The van der Waals surface area contributed by atoms with Crippen LogP contribution in [0.15, 0.2) is 36.4 Å². The first-order chi connectivity index (χ1) is 9.78. The van der Waals surface area contributed by atoms with Gasteiger partial charge in [-0.05, 0) is 67.9 Å².